The molecule has 14 nitrogen and oxygen atoms in total. The van der Waals surface area contributed by atoms with Crippen molar-refractivity contribution < 1.29 is 28.8 Å². The standard InChI is InChI=1S/C40H70N8O6S4/c49-33(17-9-7-15-31-37-29(27-55-31)45-39(53)47-37)41-21-11-3-1-5-13-23-43-35(51)19-25-57-58-26-20-36(52)44-24-14-6-2-4-12-22-42-34(50)18-10-8-16-32-38-30(28-56-32)46-40(54)48-38/h29-32,37-38H,1-28H2,(H,41,49)(H,42,50)(H,43,51)(H,44,52)(H2,45,47,53)(H2,46,48,54). The van der Waals surface area contributed by atoms with E-state index in [-0.39, 0.29) is 59.9 Å². The summed E-state index contributed by atoms with van der Waals surface area (Å²) in [6.45, 7) is 2.82. The summed E-state index contributed by atoms with van der Waals surface area (Å²) < 4.78 is 0. The van der Waals surface area contributed by atoms with Crippen LogP contribution in [-0.4, -0.2) is 120 Å². The summed E-state index contributed by atoms with van der Waals surface area (Å²) in [5.41, 5.74) is 0. The van der Waals surface area contributed by atoms with Gasteiger partial charge in [0.25, 0.3) is 0 Å². The topological polar surface area (TPSA) is 199 Å². The van der Waals surface area contributed by atoms with Crippen LogP contribution in [0.25, 0.3) is 0 Å². The van der Waals surface area contributed by atoms with E-state index >= 15 is 0 Å². The normalized spacial score (nSPS) is 23.0. The van der Waals surface area contributed by atoms with Gasteiger partial charge < -0.3 is 42.5 Å². The molecular formula is C40H70N8O6S4. The van der Waals surface area contributed by atoms with Crippen molar-refractivity contribution in [3.05, 3.63) is 0 Å². The number of unbranched alkanes of at least 4 members (excludes halogenated alkanes) is 10. The van der Waals surface area contributed by atoms with Gasteiger partial charge in [-0.2, -0.15) is 23.5 Å². The van der Waals surface area contributed by atoms with Gasteiger partial charge in [-0.05, 0) is 51.4 Å². The Morgan fingerprint density at radius 1 is 0.466 bits per heavy atom. The summed E-state index contributed by atoms with van der Waals surface area (Å²) in [5, 5.41) is 25.0. The third-order valence-electron chi connectivity index (χ3n) is 11.1. The van der Waals surface area contributed by atoms with Gasteiger partial charge >= 0.3 is 12.1 Å². The van der Waals surface area contributed by atoms with Gasteiger partial charge in [0.1, 0.15) is 0 Å². The number of amides is 8. The number of thioether (sulfide) groups is 2. The summed E-state index contributed by atoms with van der Waals surface area (Å²) in [4.78, 5) is 71.6. The van der Waals surface area contributed by atoms with Crippen LogP contribution in [0.2, 0.25) is 0 Å². The van der Waals surface area contributed by atoms with Gasteiger partial charge in [-0.25, -0.2) is 9.59 Å². The van der Waals surface area contributed by atoms with Crippen molar-refractivity contribution in [3.8, 4) is 0 Å². The van der Waals surface area contributed by atoms with E-state index in [1.54, 1.807) is 21.6 Å². The Balaban J connectivity index is 0.798. The third-order valence-corrected chi connectivity index (χ3v) is 16.5. The van der Waals surface area contributed by atoms with E-state index in [2.05, 4.69) is 42.5 Å². The molecule has 0 aromatic rings. The second-order valence-electron chi connectivity index (χ2n) is 15.8. The zero-order chi connectivity index (χ0) is 41.2. The van der Waals surface area contributed by atoms with Gasteiger partial charge in [0.15, 0.2) is 0 Å². The molecule has 6 atom stereocenters. The first kappa shape index (κ1) is 48.5. The fraction of sp³-hybridized carbons (Fsp3) is 0.850. The van der Waals surface area contributed by atoms with Crippen LogP contribution >= 0.6 is 45.1 Å². The van der Waals surface area contributed by atoms with Crippen molar-refractivity contribution in [1.29, 1.82) is 0 Å². The van der Waals surface area contributed by atoms with E-state index < -0.39 is 0 Å². The quantitative estimate of drug-likeness (QED) is 0.0253. The van der Waals surface area contributed by atoms with Gasteiger partial charge in [0.05, 0.1) is 24.2 Å². The molecule has 8 N–H and O–H groups in total. The molecule has 4 aliphatic heterocycles. The minimum atomic E-state index is -0.0522. The number of rotatable bonds is 33. The monoisotopic (exact) mass is 886 g/mol. The highest BCUT2D eigenvalue weighted by molar-refractivity contribution is 8.76. The molecule has 4 saturated heterocycles. The van der Waals surface area contributed by atoms with Crippen molar-refractivity contribution in [2.75, 3.05) is 49.2 Å². The van der Waals surface area contributed by atoms with Crippen LogP contribution in [0.3, 0.4) is 0 Å². The van der Waals surface area contributed by atoms with Crippen molar-refractivity contribution in [2.24, 2.45) is 0 Å². The lowest BCUT2D eigenvalue weighted by atomic mass is 10.0. The van der Waals surface area contributed by atoms with Gasteiger partial charge in [-0.1, -0.05) is 73.0 Å². The SMILES string of the molecule is O=C(CCCCC1SCC2NC(=O)NC21)NCCCCCCCNC(=O)CCSSCCC(=O)NCCCCCCCNC(=O)CCCCC1SCC2NC(=O)NC21. The molecule has 4 aliphatic rings. The Hall–Kier alpha value is -2.18. The minimum Gasteiger partial charge on any atom is -0.356 e. The van der Waals surface area contributed by atoms with Crippen LogP contribution in [-0.2, 0) is 19.2 Å². The van der Waals surface area contributed by atoms with Crippen molar-refractivity contribution in [3.63, 3.8) is 0 Å². The number of hydrogen-bond donors (Lipinski definition) is 8. The lowest BCUT2D eigenvalue weighted by Gasteiger charge is -2.16. The smallest absolute Gasteiger partial charge is 0.315 e. The predicted octanol–water partition coefficient (Wildman–Crippen LogP) is 4.97. The number of fused-ring (bicyclic) bond motifs is 2. The van der Waals surface area contributed by atoms with E-state index in [4.69, 9.17) is 0 Å². The van der Waals surface area contributed by atoms with Crippen LogP contribution in [0, 0.1) is 0 Å². The first-order valence-corrected chi connectivity index (χ1v) is 26.6. The summed E-state index contributed by atoms with van der Waals surface area (Å²) in [5.74, 6) is 3.80. The zero-order valence-corrected chi connectivity index (χ0v) is 37.6. The van der Waals surface area contributed by atoms with Crippen LogP contribution in [0.15, 0.2) is 0 Å². The number of hydrogen-bond acceptors (Lipinski definition) is 10. The van der Waals surface area contributed by atoms with Crippen LogP contribution in [0.4, 0.5) is 9.59 Å². The fourth-order valence-corrected chi connectivity index (χ4v) is 12.8. The number of nitrogens with one attached hydrogen (secondary N) is 8. The third kappa shape index (κ3) is 19.9. The highest BCUT2D eigenvalue weighted by Crippen LogP contribution is 2.34. The van der Waals surface area contributed by atoms with Crippen LogP contribution < -0.4 is 42.5 Å². The first-order chi connectivity index (χ1) is 28.3. The molecule has 0 radical (unpaired) electrons. The van der Waals surface area contributed by atoms with E-state index in [1.165, 1.54) is 0 Å². The van der Waals surface area contributed by atoms with Gasteiger partial charge in [0.2, 0.25) is 23.6 Å². The molecule has 0 spiro atoms. The predicted molar refractivity (Wildman–Crippen MR) is 240 cm³/mol. The maximum absolute atomic E-state index is 12.2. The van der Waals surface area contributed by atoms with Gasteiger partial charge in [0, 0.05) is 85.4 Å². The largest absolute Gasteiger partial charge is 0.356 e. The number of urea groups is 2. The summed E-state index contributed by atoms with van der Waals surface area (Å²) in [6.07, 6.45) is 18.2. The molecule has 0 aromatic heterocycles. The Morgan fingerprint density at radius 3 is 1.19 bits per heavy atom. The fourth-order valence-electron chi connectivity index (χ4n) is 7.76. The second-order valence-corrected chi connectivity index (χ2v) is 21.1. The maximum Gasteiger partial charge on any atom is 0.315 e. The Labute approximate surface area is 362 Å². The average molecular weight is 887 g/mol. The van der Waals surface area contributed by atoms with Crippen molar-refractivity contribution >= 4 is 80.8 Å². The average Bonchev–Trinajstić information content (AvgIpc) is 3.97. The van der Waals surface area contributed by atoms with E-state index in [1.807, 2.05) is 23.5 Å². The first-order valence-electron chi connectivity index (χ1n) is 22.0. The van der Waals surface area contributed by atoms with Gasteiger partial charge in [-0.3, -0.25) is 19.2 Å². The Bertz CT molecular complexity index is 1190. The zero-order valence-electron chi connectivity index (χ0n) is 34.3. The minimum absolute atomic E-state index is 0.0522. The molecule has 18 heteroatoms. The van der Waals surface area contributed by atoms with Crippen LogP contribution in [0.1, 0.15) is 128 Å². The van der Waals surface area contributed by atoms with Crippen molar-refractivity contribution in [1.82, 2.24) is 42.5 Å². The van der Waals surface area contributed by atoms with E-state index in [9.17, 15) is 28.8 Å². The molecule has 4 rings (SSSR count). The lowest BCUT2D eigenvalue weighted by Crippen LogP contribution is -2.36. The molecule has 0 saturated carbocycles. The maximum atomic E-state index is 12.2. The Kier molecular flexibility index (Phi) is 24.4. The Morgan fingerprint density at radius 2 is 0.810 bits per heavy atom. The molecule has 0 aliphatic carbocycles. The van der Waals surface area contributed by atoms with Gasteiger partial charge in [-0.15, -0.1) is 0 Å². The molecular weight excluding hydrogens is 817 g/mol. The molecule has 4 fully saturated rings. The molecule has 0 bridgehead atoms. The molecule has 58 heavy (non-hydrogen) atoms. The van der Waals surface area contributed by atoms with Crippen molar-refractivity contribution in [2.45, 2.75) is 163 Å². The summed E-state index contributed by atoms with van der Waals surface area (Å²) >= 11 is 3.83. The highest BCUT2D eigenvalue weighted by atomic mass is 33.1. The summed E-state index contributed by atoms with van der Waals surface area (Å²) in [6, 6.07) is 0.869. The molecule has 4 heterocycles. The molecule has 0 aromatic carbocycles. The highest BCUT2D eigenvalue weighted by Gasteiger charge is 2.43. The molecule has 330 valence electrons. The number of carbonyl (C=O) groups excluding carboxylic acids is 6. The van der Waals surface area contributed by atoms with Crippen LogP contribution in [0.5, 0.6) is 0 Å². The lowest BCUT2D eigenvalue weighted by molar-refractivity contribution is -0.122. The molecule has 6 unspecified atom stereocenters. The second kappa shape index (κ2) is 29.1. The summed E-state index contributed by atoms with van der Waals surface area (Å²) in [7, 11) is 3.28. The number of carbonyl (C=O) groups is 6. The van der Waals surface area contributed by atoms with E-state index in [0.29, 0.717) is 62.4 Å². The molecule has 8 amide bonds. The van der Waals surface area contributed by atoms with E-state index in [0.717, 1.165) is 126 Å².